The highest BCUT2D eigenvalue weighted by Gasteiger charge is 2.09. The molecule has 3 nitrogen and oxygen atoms in total. The lowest BCUT2D eigenvalue weighted by atomic mass is 10.5. The van der Waals surface area contributed by atoms with Gasteiger partial charge in [-0.15, -0.1) is 0 Å². The quantitative estimate of drug-likeness (QED) is 0.830. The zero-order chi connectivity index (χ0) is 9.42. The third-order valence-electron chi connectivity index (χ3n) is 1.75. The third kappa shape index (κ3) is 1.34. The Hall–Kier alpha value is -0.940. The van der Waals surface area contributed by atoms with Gasteiger partial charge in [0.25, 0.3) is 0 Å². The second-order valence-electron chi connectivity index (χ2n) is 2.58. The van der Waals surface area contributed by atoms with Gasteiger partial charge in [-0.25, -0.2) is 4.98 Å². The van der Waals surface area contributed by atoms with Crippen LogP contribution in [0.4, 0.5) is 4.39 Å². The minimum atomic E-state index is -0.509. The van der Waals surface area contributed by atoms with E-state index >= 15 is 0 Å². The molecule has 0 radical (unpaired) electrons. The maximum atomic E-state index is 13.3. The van der Waals surface area contributed by atoms with Gasteiger partial charge in [-0.2, -0.15) is 4.39 Å². The fourth-order valence-electron chi connectivity index (χ4n) is 1.14. The van der Waals surface area contributed by atoms with E-state index < -0.39 is 5.95 Å². The van der Waals surface area contributed by atoms with Crippen LogP contribution in [0.15, 0.2) is 22.8 Å². The molecule has 0 amide bonds. The first-order chi connectivity index (χ1) is 6.22. The summed E-state index contributed by atoms with van der Waals surface area (Å²) >= 11 is 3.25. The van der Waals surface area contributed by atoms with Gasteiger partial charge in [-0.3, -0.25) is 4.40 Å². The SMILES string of the molecule is OCc1nc2cc(Br)ccn2c1F. The highest BCUT2D eigenvalue weighted by molar-refractivity contribution is 9.10. The maximum Gasteiger partial charge on any atom is 0.223 e. The number of pyridine rings is 1. The molecule has 0 fully saturated rings. The van der Waals surface area contributed by atoms with Crippen molar-refractivity contribution in [3.05, 3.63) is 34.4 Å². The van der Waals surface area contributed by atoms with Crippen LogP contribution in [-0.2, 0) is 6.61 Å². The second-order valence-corrected chi connectivity index (χ2v) is 3.50. The number of aliphatic hydroxyl groups is 1. The van der Waals surface area contributed by atoms with E-state index in [2.05, 4.69) is 20.9 Å². The number of halogens is 2. The Bertz CT molecular complexity index is 455. The lowest BCUT2D eigenvalue weighted by Crippen LogP contribution is -1.90. The Morgan fingerprint density at radius 3 is 3.08 bits per heavy atom. The number of imidazole rings is 1. The molecule has 0 bridgehead atoms. The molecule has 13 heavy (non-hydrogen) atoms. The van der Waals surface area contributed by atoms with Crippen molar-refractivity contribution in [3.63, 3.8) is 0 Å². The first-order valence-electron chi connectivity index (χ1n) is 3.65. The summed E-state index contributed by atoms with van der Waals surface area (Å²) in [4.78, 5) is 3.90. The van der Waals surface area contributed by atoms with Crippen molar-refractivity contribution in [2.45, 2.75) is 6.61 Å². The van der Waals surface area contributed by atoms with Gasteiger partial charge < -0.3 is 5.11 Å². The van der Waals surface area contributed by atoms with Crippen molar-refractivity contribution in [1.82, 2.24) is 9.38 Å². The Morgan fingerprint density at radius 2 is 2.38 bits per heavy atom. The number of nitrogens with zero attached hydrogens (tertiary/aromatic N) is 2. The molecule has 2 aromatic heterocycles. The summed E-state index contributed by atoms with van der Waals surface area (Å²) in [5.41, 5.74) is 0.550. The molecule has 0 aromatic carbocycles. The molecule has 5 heteroatoms. The fourth-order valence-corrected chi connectivity index (χ4v) is 1.46. The van der Waals surface area contributed by atoms with Crippen LogP contribution in [0.25, 0.3) is 5.65 Å². The van der Waals surface area contributed by atoms with Gasteiger partial charge in [-0.1, -0.05) is 15.9 Å². The summed E-state index contributed by atoms with van der Waals surface area (Å²) in [6.07, 6.45) is 1.56. The van der Waals surface area contributed by atoms with E-state index in [1.54, 1.807) is 18.3 Å². The van der Waals surface area contributed by atoms with Crippen LogP contribution < -0.4 is 0 Å². The molecular formula is C8H6BrFN2O. The molecule has 2 aromatic rings. The molecule has 0 saturated carbocycles. The van der Waals surface area contributed by atoms with Crippen LogP contribution in [0.1, 0.15) is 5.69 Å². The van der Waals surface area contributed by atoms with E-state index in [1.165, 1.54) is 4.40 Å². The smallest absolute Gasteiger partial charge is 0.223 e. The van der Waals surface area contributed by atoms with Crippen LogP contribution in [-0.4, -0.2) is 14.5 Å². The normalized spacial score (nSPS) is 11.0. The molecule has 0 atom stereocenters. The highest BCUT2D eigenvalue weighted by atomic mass is 79.9. The minimum Gasteiger partial charge on any atom is -0.390 e. The average molecular weight is 245 g/mol. The highest BCUT2D eigenvalue weighted by Crippen LogP contribution is 2.15. The van der Waals surface area contributed by atoms with E-state index in [9.17, 15) is 4.39 Å². The topological polar surface area (TPSA) is 37.5 Å². The predicted molar refractivity (Wildman–Crippen MR) is 48.8 cm³/mol. The van der Waals surface area contributed by atoms with Crippen LogP contribution in [0.3, 0.4) is 0 Å². The molecular weight excluding hydrogens is 239 g/mol. The number of aromatic nitrogens is 2. The number of aliphatic hydroxyl groups excluding tert-OH is 1. The molecule has 0 aliphatic carbocycles. The summed E-state index contributed by atoms with van der Waals surface area (Å²) in [6, 6.07) is 3.39. The van der Waals surface area contributed by atoms with E-state index in [0.717, 1.165) is 4.47 Å². The van der Waals surface area contributed by atoms with Crippen molar-refractivity contribution in [2.24, 2.45) is 0 Å². The first-order valence-corrected chi connectivity index (χ1v) is 4.44. The van der Waals surface area contributed by atoms with Crippen LogP contribution in [0.2, 0.25) is 0 Å². The number of hydrogen-bond donors (Lipinski definition) is 1. The van der Waals surface area contributed by atoms with Crippen LogP contribution in [0.5, 0.6) is 0 Å². The van der Waals surface area contributed by atoms with Gasteiger partial charge in [-0.05, 0) is 12.1 Å². The van der Waals surface area contributed by atoms with Crippen LogP contribution >= 0.6 is 15.9 Å². The van der Waals surface area contributed by atoms with Gasteiger partial charge in [0.1, 0.15) is 11.3 Å². The number of fused-ring (bicyclic) bond motifs is 1. The van der Waals surface area contributed by atoms with Gasteiger partial charge >= 0.3 is 0 Å². The Labute approximate surface area is 82.0 Å². The van der Waals surface area contributed by atoms with Crippen molar-refractivity contribution in [1.29, 1.82) is 0 Å². The largest absolute Gasteiger partial charge is 0.390 e. The molecule has 1 N–H and O–H groups in total. The van der Waals surface area contributed by atoms with E-state index in [-0.39, 0.29) is 12.3 Å². The maximum absolute atomic E-state index is 13.3. The molecule has 2 heterocycles. The Morgan fingerprint density at radius 1 is 1.62 bits per heavy atom. The zero-order valence-electron chi connectivity index (χ0n) is 6.54. The monoisotopic (exact) mass is 244 g/mol. The van der Waals surface area contributed by atoms with Crippen molar-refractivity contribution in [3.8, 4) is 0 Å². The van der Waals surface area contributed by atoms with E-state index in [0.29, 0.717) is 5.65 Å². The van der Waals surface area contributed by atoms with Gasteiger partial charge in [0.2, 0.25) is 5.95 Å². The second kappa shape index (κ2) is 3.08. The lowest BCUT2D eigenvalue weighted by Gasteiger charge is -1.93. The molecule has 2 rings (SSSR count). The predicted octanol–water partition coefficient (Wildman–Crippen LogP) is 1.73. The molecule has 0 aliphatic heterocycles. The van der Waals surface area contributed by atoms with Gasteiger partial charge in [0.15, 0.2) is 0 Å². The third-order valence-corrected chi connectivity index (χ3v) is 2.24. The first kappa shape index (κ1) is 8.65. The summed E-state index contributed by atoms with van der Waals surface area (Å²) in [7, 11) is 0. The summed E-state index contributed by atoms with van der Waals surface area (Å²) in [6.45, 7) is -0.384. The van der Waals surface area contributed by atoms with Gasteiger partial charge in [0.05, 0.1) is 6.61 Å². The average Bonchev–Trinajstić information content (AvgIpc) is 2.42. The zero-order valence-corrected chi connectivity index (χ0v) is 8.12. The molecule has 0 saturated heterocycles. The van der Waals surface area contributed by atoms with Crippen molar-refractivity contribution >= 4 is 21.6 Å². The summed E-state index contributed by atoms with van der Waals surface area (Å²) < 4.78 is 15.4. The number of rotatable bonds is 1. The van der Waals surface area contributed by atoms with Crippen molar-refractivity contribution < 1.29 is 9.50 Å². The Balaban J connectivity index is 2.76. The molecule has 0 aliphatic rings. The molecule has 0 unspecified atom stereocenters. The van der Waals surface area contributed by atoms with E-state index in [4.69, 9.17) is 5.11 Å². The van der Waals surface area contributed by atoms with Crippen LogP contribution in [0, 0.1) is 5.95 Å². The molecule has 68 valence electrons. The van der Waals surface area contributed by atoms with Crippen molar-refractivity contribution in [2.75, 3.05) is 0 Å². The number of hydrogen-bond acceptors (Lipinski definition) is 2. The molecule has 0 spiro atoms. The summed E-state index contributed by atoms with van der Waals surface area (Å²) in [5, 5.41) is 8.76. The summed E-state index contributed by atoms with van der Waals surface area (Å²) in [5.74, 6) is -0.509. The van der Waals surface area contributed by atoms with E-state index in [1.807, 2.05) is 0 Å². The fraction of sp³-hybridized carbons (Fsp3) is 0.125. The minimum absolute atomic E-state index is 0.0677. The standard InChI is InChI=1S/C8H6BrFN2O/c9-5-1-2-12-7(3-5)11-6(4-13)8(12)10/h1-3,13H,4H2. The lowest BCUT2D eigenvalue weighted by molar-refractivity contribution is 0.270. The van der Waals surface area contributed by atoms with Gasteiger partial charge in [0, 0.05) is 10.7 Å². The Kier molecular flexibility index (Phi) is 2.05.